The van der Waals surface area contributed by atoms with E-state index in [9.17, 15) is 43.2 Å². The summed E-state index contributed by atoms with van der Waals surface area (Å²) in [5.41, 5.74) is 0. The summed E-state index contributed by atoms with van der Waals surface area (Å²) in [4.78, 5) is 72.4. The van der Waals surface area contributed by atoms with Crippen LogP contribution in [-0.4, -0.2) is 96.7 Å². The number of phosphoric acid groups is 2. The van der Waals surface area contributed by atoms with Crippen LogP contribution in [0, 0.1) is 11.8 Å². The third kappa shape index (κ3) is 59.7. The number of unbranched alkanes of at least 4 members (excludes halogenated alkanes) is 35. The van der Waals surface area contributed by atoms with Crippen molar-refractivity contribution in [2.45, 2.75) is 355 Å². The van der Waals surface area contributed by atoms with Crippen LogP contribution < -0.4 is 0 Å². The van der Waals surface area contributed by atoms with Gasteiger partial charge in [0.15, 0.2) is 12.2 Å². The van der Waals surface area contributed by atoms with Gasteiger partial charge in [0.2, 0.25) is 0 Å². The van der Waals surface area contributed by atoms with Crippen molar-refractivity contribution in [1.29, 1.82) is 0 Å². The number of hydrogen-bond donors (Lipinski definition) is 3. The fourth-order valence-corrected chi connectivity index (χ4v) is 11.6. The van der Waals surface area contributed by atoms with Crippen molar-refractivity contribution < 1.29 is 80.2 Å². The van der Waals surface area contributed by atoms with Gasteiger partial charge in [-0.25, -0.2) is 9.13 Å². The molecule has 17 nitrogen and oxygen atoms in total. The van der Waals surface area contributed by atoms with E-state index in [1.165, 1.54) is 154 Å². The number of aliphatic hydroxyl groups excluding tert-OH is 1. The van der Waals surface area contributed by atoms with Crippen molar-refractivity contribution in [3.05, 3.63) is 0 Å². The average molecular weight is 1270 g/mol. The highest BCUT2D eigenvalue weighted by Gasteiger charge is 2.30. The Balaban J connectivity index is 5.26. The van der Waals surface area contributed by atoms with E-state index in [0.29, 0.717) is 25.7 Å². The lowest BCUT2D eigenvalue weighted by Crippen LogP contribution is -2.30. The molecule has 0 amide bonds. The highest BCUT2D eigenvalue weighted by atomic mass is 31.2. The number of phosphoric ester groups is 2. The summed E-state index contributed by atoms with van der Waals surface area (Å²) in [5.74, 6) is -0.614. The number of hydrogen-bond acceptors (Lipinski definition) is 15. The van der Waals surface area contributed by atoms with Gasteiger partial charge >= 0.3 is 39.5 Å². The van der Waals surface area contributed by atoms with Crippen LogP contribution >= 0.6 is 15.6 Å². The SMILES string of the molecule is CCCCCCCCCCCCCC(=O)OC[C@H](COP(=O)(O)OC[C@H](O)COP(=O)(O)OC[C@@H](COC(=O)CCCCCCCCCCC(C)CC)OC(=O)CCCCCCCCCCCC(C)C)OC(=O)CCCCCCCCCCCCC. The van der Waals surface area contributed by atoms with E-state index in [0.717, 1.165) is 102 Å². The fourth-order valence-electron chi connectivity index (χ4n) is 10.0. The molecule has 0 rings (SSSR count). The summed E-state index contributed by atoms with van der Waals surface area (Å²) in [5, 5.41) is 10.6. The second-order valence-corrected chi connectivity index (χ2v) is 27.8. The summed E-state index contributed by atoms with van der Waals surface area (Å²) in [6, 6.07) is 0. The standard InChI is InChI=1S/C67H130O17P2/c1-7-10-12-14-16-18-20-24-31-37-43-49-64(69)77-55-62(83-66(71)51-45-39-33-25-21-19-17-15-13-11-8-2)57-81-85(73,74)79-53-61(68)54-80-86(75,76)82-58-63(84-67(72)52-46-40-34-26-22-23-29-35-41-47-59(4)5)56-78-65(70)50-44-38-32-28-27-30-36-42-48-60(6)9-3/h59-63,68H,7-58H2,1-6H3,(H,73,74)(H,75,76)/t60?,61-,62+,63+/m0/s1. The molecule has 0 aromatic rings. The maximum absolute atomic E-state index is 13.0. The number of rotatable bonds is 66. The van der Waals surface area contributed by atoms with Crippen molar-refractivity contribution >= 4 is 39.5 Å². The molecule has 510 valence electrons. The first kappa shape index (κ1) is 84.1. The van der Waals surface area contributed by atoms with Gasteiger partial charge in [-0.15, -0.1) is 0 Å². The normalized spacial score (nSPS) is 14.5. The van der Waals surface area contributed by atoms with Crippen LogP contribution in [0.15, 0.2) is 0 Å². The lowest BCUT2D eigenvalue weighted by molar-refractivity contribution is -0.161. The van der Waals surface area contributed by atoms with E-state index < -0.39 is 97.5 Å². The number of carbonyl (C=O) groups excluding carboxylic acids is 4. The van der Waals surface area contributed by atoms with Crippen LogP contribution in [0.1, 0.15) is 337 Å². The number of esters is 4. The zero-order valence-electron chi connectivity index (χ0n) is 55.6. The number of ether oxygens (including phenoxy) is 4. The molecule has 0 aromatic carbocycles. The minimum absolute atomic E-state index is 0.105. The molecular weight excluding hydrogens is 1140 g/mol. The van der Waals surface area contributed by atoms with Crippen LogP contribution in [0.4, 0.5) is 0 Å². The lowest BCUT2D eigenvalue weighted by atomic mass is 9.99. The molecule has 86 heavy (non-hydrogen) atoms. The number of carbonyl (C=O) groups is 4. The van der Waals surface area contributed by atoms with Crippen LogP contribution in [0.3, 0.4) is 0 Å². The summed E-state index contributed by atoms with van der Waals surface area (Å²) in [6.45, 7) is 9.50. The fraction of sp³-hybridized carbons (Fsp3) is 0.940. The first-order valence-electron chi connectivity index (χ1n) is 35.0. The Labute approximate surface area is 524 Å². The van der Waals surface area contributed by atoms with Crippen molar-refractivity contribution in [1.82, 2.24) is 0 Å². The van der Waals surface area contributed by atoms with E-state index in [1.54, 1.807) is 0 Å². The summed E-state index contributed by atoms with van der Waals surface area (Å²) >= 11 is 0. The van der Waals surface area contributed by atoms with Gasteiger partial charge in [-0.1, -0.05) is 286 Å². The average Bonchev–Trinajstić information content (AvgIpc) is 3.69. The topological polar surface area (TPSA) is 237 Å². The largest absolute Gasteiger partial charge is 0.472 e. The van der Waals surface area contributed by atoms with E-state index in [2.05, 4.69) is 41.5 Å². The van der Waals surface area contributed by atoms with E-state index in [4.69, 9.17) is 37.0 Å². The highest BCUT2D eigenvalue weighted by Crippen LogP contribution is 2.45. The Kier molecular flexibility index (Phi) is 58.0. The monoisotopic (exact) mass is 1270 g/mol. The second kappa shape index (κ2) is 59.4. The van der Waals surface area contributed by atoms with Crippen LogP contribution in [0.5, 0.6) is 0 Å². The summed E-state index contributed by atoms with van der Waals surface area (Å²) < 4.78 is 68.1. The Morgan fingerprint density at radius 2 is 0.593 bits per heavy atom. The molecule has 0 radical (unpaired) electrons. The van der Waals surface area contributed by atoms with Gasteiger partial charge in [0, 0.05) is 25.7 Å². The van der Waals surface area contributed by atoms with Crippen molar-refractivity contribution in [3.63, 3.8) is 0 Å². The molecular formula is C67H130O17P2. The molecule has 0 aliphatic heterocycles. The first-order valence-corrected chi connectivity index (χ1v) is 38.0. The Morgan fingerprint density at radius 3 is 0.884 bits per heavy atom. The van der Waals surface area contributed by atoms with Crippen molar-refractivity contribution in [2.24, 2.45) is 11.8 Å². The Morgan fingerprint density at radius 1 is 0.337 bits per heavy atom. The van der Waals surface area contributed by atoms with Gasteiger partial charge in [-0.05, 0) is 37.5 Å². The molecule has 0 aliphatic rings. The minimum atomic E-state index is -4.95. The molecule has 6 atom stereocenters. The van der Waals surface area contributed by atoms with E-state index in [1.807, 2.05) is 0 Å². The first-order chi connectivity index (χ1) is 41.4. The molecule has 0 saturated carbocycles. The molecule has 0 aromatic heterocycles. The summed E-state index contributed by atoms with van der Waals surface area (Å²) in [6.07, 6.45) is 42.9. The molecule has 3 unspecified atom stereocenters. The Bertz CT molecular complexity index is 1690. The van der Waals surface area contributed by atoms with Gasteiger partial charge in [0.1, 0.15) is 19.3 Å². The van der Waals surface area contributed by atoms with Gasteiger partial charge in [-0.3, -0.25) is 37.3 Å². The predicted molar refractivity (Wildman–Crippen MR) is 345 cm³/mol. The van der Waals surface area contributed by atoms with Crippen molar-refractivity contribution in [3.8, 4) is 0 Å². The molecule has 19 heteroatoms. The van der Waals surface area contributed by atoms with E-state index >= 15 is 0 Å². The van der Waals surface area contributed by atoms with Crippen LogP contribution in [-0.2, 0) is 65.4 Å². The molecule has 0 fully saturated rings. The third-order valence-electron chi connectivity index (χ3n) is 15.8. The summed E-state index contributed by atoms with van der Waals surface area (Å²) in [7, 11) is -9.89. The van der Waals surface area contributed by atoms with Gasteiger partial charge in [0.05, 0.1) is 26.4 Å². The molecule has 0 spiro atoms. The molecule has 0 saturated heterocycles. The zero-order valence-corrected chi connectivity index (χ0v) is 57.4. The minimum Gasteiger partial charge on any atom is -0.462 e. The van der Waals surface area contributed by atoms with Gasteiger partial charge in [-0.2, -0.15) is 0 Å². The zero-order chi connectivity index (χ0) is 63.6. The molecule has 0 bridgehead atoms. The second-order valence-electron chi connectivity index (χ2n) is 24.9. The maximum atomic E-state index is 13.0. The molecule has 0 aliphatic carbocycles. The molecule has 3 N–H and O–H groups in total. The van der Waals surface area contributed by atoms with Crippen molar-refractivity contribution in [2.75, 3.05) is 39.6 Å². The highest BCUT2D eigenvalue weighted by molar-refractivity contribution is 7.47. The van der Waals surface area contributed by atoms with Crippen LogP contribution in [0.2, 0.25) is 0 Å². The number of aliphatic hydroxyl groups is 1. The van der Waals surface area contributed by atoms with Gasteiger partial charge in [0.25, 0.3) is 0 Å². The Hall–Kier alpha value is -1.94. The maximum Gasteiger partial charge on any atom is 0.472 e. The van der Waals surface area contributed by atoms with Crippen LogP contribution in [0.25, 0.3) is 0 Å². The third-order valence-corrected chi connectivity index (χ3v) is 17.7. The smallest absolute Gasteiger partial charge is 0.462 e. The van der Waals surface area contributed by atoms with E-state index in [-0.39, 0.29) is 25.7 Å². The lowest BCUT2D eigenvalue weighted by Gasteiger charge is -2.21. The molecule has 0 heterocycles. The quantitative estimate of drug-likeness (QED) is 0.0222. The van der Waals surface area contributed by atoms with Gasteiger partial charge < -0.3 is 33.8 Å². The predicted octanol–water partition coefficient (Wildman–Crippen LogP) is 18.8.